The number of hydrogen-bond donors (Lipinski definition) is 8. The number of carbonyl (C=O) groups excluding carboxylic acids is 11. The van der Waals surface area contributed by atoms with Crippen LogP contribution in [0.25, 0.3) is 0 Å². The Bertz CT molecular complexity index is 3690. The van der Waals surface area contributed by atoms with Crippen molar-refractivity contribution < 1.29 is 129 Å². The number of carbonyl (C=O) groups is 11. The molecule has 0 unspecified atom stereocenters. The standard InChI is InChI=1S/C93H156N12O27/c1-18-67(8)82(75(119-16)61-78(108)104-37-23-28-74(104)84(120-17)68(9)85(110)96-69(10)83(109)71-25-20-19-21-26-71)102(13)89(114)80(65(4)5)99-88(113)81(66(6)7)103(14)92(117)132-62-70-29-31-72(32-30-70)97-86(111)73(27-22-35-95-91(94)116)98-87(112)79(64(2)3)100-90(115)93(11,105-76(106)33-34-77(105)107)63-101(12)36-24-38-121-41-42-123-45-46-125-49-50-127-53-54-129-57-58-131-60-59-130-56-55-128-52-51-126-48-47-124-44-43-122-40-39-118-15/h19-21,25-26,29-34,64-69,73-75,79-84,109H,18,22-24,27-28,35-63H2,1-17H3,(H,96,110)(H,97,111)(H,98,112)(H,99,113)(H,100,115)(H3,94,95,116)/t67-,68+,69+,73-,74-,75+,79-,80-,81-,82-,83+,84+,93+/m0/s1. The Morgan fingerprint density at radius 2 is 1.05 bits per heavy atom. The first-order valence-electron chi connectivity index (χ1n) is 46.2. The van der Waals surface area contributed by atoms with Crippen LogP contribution in [0.4, 0.5) is 15.3 Å². The van der Waals surface area contributed by atoms with Crippen LogP contribution in [0, 0.1) is 29.6 Å². The van der Waals surface area contributed by atoms with Gasteiger partial charge in [-0.05, 0) is 99.9 Å². The smallest absolute Gasteiger partial charge is 0.410 e. The third-order valence-electron chi connectivity index (χ3n) is 22.9. The van der Waals surface area contributed by atoms with Crippen molar-refractivity contribution in [3.05, 3.63) is 77.9 Å². The van der Waals surface area contributed by atoms with Crippen molar-refractivity contribution in [1.29, 1.82) is 0 Å². The lowest BCUT2D eigenvalue weighted by molar-refractivity contribution is -0.153. The molecule has 39 heteroatoms. The second-order valence-electron chi connectivity index (χ2n) is 34.1. The molecule has 2 aromatic carbocycles. The van der Waals surface area contributed by atoms with E-state index in [1.807, 2.05) is 32.0 Å². The van der Waals surface area contributed by atoms with Crippen LogP contribution >= 0.6 is 0 Å². The molecule has 1 saturated heterocycles. The number of aliphatic hydroxyl groups excluding tert-OH is 1. The van der Waals surface area contributed by atoms with Crippen LogP contribution in [0.15, 0.2) is 66.7 Å². The molecule has 132 heavy (non-hydrogen) atoms. The van der Waals surface area contributed by atoms with Gasteiger partial charge in [0.15, 0.2) is 0 Å². The van der Waals surface area contributed by atoms with Crippen LogP contribution in [0.1, 0.15) is 138 Å². The summed E-state index contributed by atoms with van der Waals surface area (Å²) >= 11 is 0. The fraction of sp³-hybridized carbons (Fsp3) is 0.731. The molecular formula is C93H156N12O27. The Kier molecular flexibility index (Phi) is 57.2. The van der Waals surface area contributed by atoms with Crippen LogP contribution in [0.2, 0.25) is 0 Å². The molecule has 12 amide bonds. The summed E-state index contributed by atoms with van der Waals surface area (Å²) in [6.07, 6.45) is 1.23. The Hall–Kier alpha value is -8.49. The molecule has 1 fully saturated rings. The zero-order valence-corrected chi connectivity index (χ0v) is 81.1. The van der Waals surface area contributed by atoms with Gasteiger partial charge in [-0.25, -0.2) is 9.59 Å². The van der Waals surface area contributed by atoms with Crippen LogP contribution < -0.4 is 37.6 Å². The van der Waals surface area contributed by atoms with Gasteiger partial charge in [0.1, 0.15) is 36.3 Å². The first-order valence-corrected chi connectivity index (χ1v) is 46.2. The molecule has 2 aromatic rings. The normalized spacial score (nSPS) is 16.4. The van der Waals surface area contributed by atoms with Crippen molar-refractivity contribution in [3.63, 3.8) is 0 Å². The molecule has 2 heterocycles. The SMILES string of the molecule is CC[C@H](C)[C@@H]([C@@H](CC(=O)N1CCC[C@H]1[C@H](OC)[C@@H](C)C(=O)N[C@H](C)[C@@H](O)c1ccccc1)OC)N(C)C(=O)[C@@H](NC(=O)[C@H](C(C)C)N(C)C(=O)OCc1ccc(NC(=O)[C@H](CCCNC(N)=O)NC(=O)[C@@H](NC(=O)[C@@](C)(CN(C)CCCOCCOCCOCCOCCOCCOCCOCCOCCOCCOCCOCCOC)N2C(=O)C=CC2=O)C(C)C)cc1)C(C)C. The number of rotatable bonds is 73. The van der Waals surface area contributed by atoms with Gasteiger partial charge in [-0.2, -0.15) is 0 Å². The first kappa shape index (κ1) is 116. The Morgan fingerprint density at radius 3 is 1.51 bits per heavy atom. The molecule has 0 aromatic heterocycles. The summed E-state index contributed by atoms with van der Waals surface area (Å²) in [5.41, 5.74) is 4.92. The number of aliphatic hydroxyl groups is 1. The molecule has 39 nitrogen and oxygen atoms in total. The van der Waals surface area contributed by atoms with Gasteiger partial charge in [-0.1, -0.05) is 111 Å². The van der Waals surface area contributed by atoms with Gasteiger partial charge in [0.05, 0.1) is 194 Å². The van der Waals surface area contributed by atoms with Crippen LogP contribution in [-0.4, -0.2) is 376 Å². The predicted octanol–water partition coefficient (Wildman–Crippen LogP) is 4.43. The number of nitrogens with two attached hydrogens (primary N) is 1. The molecular weight excluding hydrogens is 1720 g/mol. The molecule has 0 saturated carbocycles. The second kappa shape index (κ2) is 65.2. The molecule has 2 aliphatic rings. The van der Waals surface area contributed by atoms with Crippen molar-refractivity contribution in [3.8, 4) is 0 Å². The number of nitrogens with one attached hydrogen (secondary N) is 6. The molecule has 0 spiro atoms. The minimum Gasteiger partial charge on any atom is -0.445 e. The number of likely N-dealkylation sites (tertiary alicyclic amines) is 1. The lowest BCUT2D eigenvalue weighted by atomic mass is 9.89. The van der Waals surface area contributed by atoms with E-state index in [4.69, 9.17) is 76.8 Å². The fourth-order valence-electron chi connectivity index (χ4n) is 15.3. The van der Waals surface area contributed by atoms with Gasteiger partial charge < -0.3 is 128 Å². The van der Waals surface area contributed by atoms with Crippen LogP contribution in [0.3, 0.4) is 0 Å². The average Bonchev–Trinajstić information content (AvgIpc) is 1.55. The number of ether oxygens (including phenoxy) is 15. The van der Waals surface area contributed by atoms with E-state index in [0.29, 0.717) is 202 Å². The van der Waals surface area contributed by atoms with E-state index in [-0.39, 0.29) is 62.4 Å². The van der Waals surface area contributed by atoms with Gasteiger partial charge in [-0.15, -0.1) is 0 Å². The van der Waals surface area contributed by atoms with Crippen molar-refractivity contribution in [2.45, 2.75) is 194 Å². The van der Waals surface area contributed by atoms with E-state index in [2.05, 4.69) is 31.9 Å². The fourth-order valence-corrected chi connectivity index (χ4v) is 15.3. The van der Waals surface area contributed by atoms with Gasteiger partial charge in [0.25, 0.3) is 11.8 Å². The van der Waals surface area contributed by atoms with E-state index < -0.39 is 143 Å². The third-order valence-corrected chi connectivity index (χ3v) is 22.9. The van der Waals surface area contributed by atoms with Crippen molar-refractivity contribution in [2.75, 3.05) is 226 Å². The monoisotopic (exact) mass is 1870 g/mol. The minimum absolute atomic E-state index is 0.0176. The predicted molar refractivity (Wildman–Crippen MR) is 491 cm³/mol. The highest BCUT2D eigenvalue weighted by molar-refractivity contribution is 6.16. The number of benzene rings is 2. The molecule has 0 bridgehead atoms. The van der Waals surface area contributed by atoms with E-state index in [1.165, 1.54) is 33.1 Å². The number of imide groups is 1. The lowest BCUT2D eigenvalue weighted by Gasteiger charge is -2.41. The zero-order valence-electron chi connectivity index (χ0n) is 81.1. The summed E-state index contributed by atoms with van der Waals surface area (Å²) in [5, 5.41) is 27.7. The van der Waals surface area contributed by atoms with Crippen LogP contribution in [0.5, 0.6) is 0 Å². The highest BCUT2D eigenvalue weighted by Gasteiger charge is 2.50. The second-order valence-corrected chi connectivity index (χ2v) is 34.1. The minimum atomic E-state index is -1.84. The van der Waals surface area contributed by atoms with Crippen molar-refractivity contribution in [1.82, 2.24) is 51.1 Å². The highest BCUT2D eigenvalue weighted by atomic mass is 16.6. The summed E-state index contributed by atoms with van der Waals surface area (Å²) in [7, 11) is 9.40. The summed E-state index contributed by atoms with van der Waals surface area (Å²) in [6.45, 7) is 29.7. The number of urea groups is 1. The largest absolute Gasteiger partial charge is 0.445 e. The molecule has 9 N–H and O–H groups in total. The van der Waals surface area contributed by atoms with Crippen molar-refractivity contribution >= 4 is 71.0 Å². The molecule has 2 aliphatic heterocycles. The number of nitrogens with zero attached hydrogens (tertiary/aromatic N) is 5. The summed E-state index contributed by atoms with van der Waals surface area (Å²) in [4.78, 5) is 161. The summed E-state index contributed by atoms with van der Waals surface area (Å²) in [5.74, 6) is -7.78. The van der Waals surface area contributed by atoms with Gasteiger partial charge >= 0.3 is 12.1 Å². The third kappa shape index (κ3) is 41.8. The summed E-state index contributed by atoms with van der Waals surface area (Å²) < 4.78 is 83.7. The van der Waals surface area contributed by atoms with E-state index in [9.17, 15) is 57.8 Å². The molecule has 0 radical (unpaired) electrons. The number of primary amides is 1. The number of amides is 12. The topological polar surface area (TPSA) is 461 Å². The first-order chi connectivity index (χ1) is 63.2. The van der Waals surface area contributed by atoms with Gasteiger partial charge in [0.2, 0.25) is 41.4 Å². The van der Waals surface area contributed by atoms with E-state index in [1.54, 1.807) is 123 Å². The zero-order chi connectivity index (χ0) is 97.5. The molecule has 13 atom stereocenters. The Balaban J connectivity index is 1.23. The quantitative estimate of drug-likeness (QED) is 0.0335. The summed E-state index contributed by atoms with van der Waals surface area (Å²) in [6, 6.07) is 8.01. The van der Waals surface area contributed by atoms with Crippen LogP contribution in [-0.2, 0) is 121 Å². The number of likely N-dealkylation sites (N-methyl/N-ethyl adjacent to an activating group) is 3. The van der Waals surface area contributed by atoms with E-state index >= 15 is 0 Å². The number of methoxy groups -OCH3 is 3. The maximum atomic E-state index is 14.9. The number of anilines is 1. The van der Waals surface area contributed by atoms with E-state index in [0.717, 1.165) is 22.0 Å². The molecule has 4 rings (SSSR count). The Morgan fingerprint density at radius 1 is 0.561 bits per heavy atom. The highest BCUT2D eigenvalue weighted by Crippen LogP contribution is 2.32. The van der Waals surface area contributed by atoms with Gasteiger partial charge in [0, 0.05) is 86.1 Å². The average molecular weight is 1870 g/mol. The molecule has 750 valence electrons. The number of hydrogen-bond acceptors (Lipinski definition) is 28. The van der Waals surface area contributed by atoms with Gasteiger partial charge in [-0.3, -0.25) is 53.0 Å². The maximum absolute atomic E-state index is 14.9. The Labute approximate surface area is 780 Å². The molecule has 0 aliphatic carbocycles. The van der Waals surface area contributed by atoms with Crippen molar-refractivity contribution in [2.24, 2.45) is 35.3 Å². The lowest BCUT2D eigenvalue weighted by Crippen LogP contribution is -2.66. The maximum Gasteiger partial charge on any atom is 0.410 e.